The van der Waals surface area contributed by atoms with Gasteiger partial charge in [-0.05, 0) is 57.4 Å². The predicted octanol–water partition coefficient (Wildman–Crippen LogP) is 4.87. The first-order valence-electron chi connectivity index (χ1n) is 7.83. The molecule has 0 fully saturated rings. The van der Waals surface area contributed by atoms with Gasteiger partial charge in [0.2, 0.25) is 0 Å². The molecule has 3 rings (SSSR count). The quantitative estimate of drug-likeness (QED) is 0.639. The zero-order valence-corrected chi connectivity index (χ0v) is 15.8. The molecule has 0 saturated carbocycles. The smallest absolute Gasteiger partial charge is 0.335 e. The summed E-state index contributed by atoms with van der Waals surface area (Å²) >= 11 is 3.51. The van der Waals surface area contributed by atoms with Crippen molar-refractivity contribution in [2.45, 2.75) is 6.92 Å². The number of carbonyl (C=O) groups excluding carboxylic acids is 1. The van der Waals surface area contributed by atoms with Crippen LogP contribution in [0.5, 0.6) is 5.75 Å². The molecule has 0 aliphatic carbocycles. The van der Waals surface area contributed by atoms with Gasteiger partial charge in [0.1, 0.15) is 5.75 Å². The Morgan fingerprint density at radius 3 is 2.54 bits per heavy atom. The molecule has 0 spiro atoms. The fraction of sp³-hybridized carbons (Fsp3) is 0.100. The zero-order valence-electron chi connectivity index (χ0n) is 14.2. The molecule has 0 atom stereocenters. The summed E-state index contributed by atoms with van der Waals surface area (Å²) in [5, 5.41) is 13.8. The first-order valence-corrected chi connectivity index (χ1v) is 8.62. The van der Waals surface area contributed by atoms with E-state index >= 15 is 0 Å². The average molecular weight is 414 g/mol. The lowest BCUT2D eigenvalue weighted by atomic mass is 10.0. The van der Waals surface area contributed by atoms with Gasteiger partial charge in [-0.15, -0.1) is 0 Å². The number of rotatable bonds is 4. The summed E-state index contributed by atoms with van der Waals surface area (Å²) in [4.78, 5) is 24.0. The SMILES string of the molecule is COc1c(C(=O)Nc2cc(C(=O)O)ccc2C)cc2ccccc2c1Br. The molecular formula is C20H16BrNO4. The first kappa shape index (κ1) is 17.9. The molecule has 26 heavy (non-hydrogen) atoms. The fourth-order valence-corrected chi connectivity index (χ4v) is 3.47. The number of carboxylic acids is 1. The van der Waals surface area contributed by atoms with E-state index in [4.69, 9.17) is 9.84 Å². The first-order chi connectivity index (χ1) is 12.4. The largest absolute Gasteiger partial charge is 0.495 e. The minimum atomic E-state index is -1.05. The maximum absolute atomic E-state index is 12.9. The number of benzene rings is 3. The van der Waals surface area contributed by atoms with Crippen LogP contribution in [0.3, 0.4) is 0 Å². The van der Waals surface area contributed by atoms with Crippen LogP contribution >= 0.6 is 15.9 Å². The van der Waals surface area contributed by atoms with E-state index in [1.165, 1.54) is 19.2 Å². The second-order valence-corrected chi connectivity index (χ2v) is 6.57. The number of aryl methyl sites for hydroxylation is 1. The second-order valence-electron chi connectivity index (χ2n) is 5.78. The van der Waals surface area contributed by atoms with Gasteiger partial charge in [-0.1, -0.05) is 30.3 Å². The summed E-state index contributed by atoms with van der Waals surface area (Å²) in [5.41, 5.74) is 1.68. The van der Waals surface area contributed by atoms with Gasteiger partial charge in [-0.3, -0.25) is 4.79 Å². The highest BCUT2D eigenvalue weighted by Gasteiger charge is 2.19. The van der Waals surface area contributed by atoms with Gasteiger partial charge >= 0.3 is 5.97 Å². The third-order valence-electron chi connectivity index (χ3n) is 4.12. The predicted molar refractivity (Wildman–Crippen MR) is 104 cm³/mol. The summed E-state index contributed by atoms with van der Waals surface area (Å²) in [7, 11) is 1.50. The van der Waals surface area contributed by atoms with Crippen molar-refractivity contribution in [3.63, 3.8) is 0 Å². The van der Waals surface area contributed by atoms with Crippen LogP contribution in [0.25, 0.3) is 10.8 Å². The topological polar surface area (TPSA) is 75.6 Å². The number of carboxylic acid groups (broad SMARTS) is 1. The number of amides is 1. The number of aromatic carboxylic acids is 1. The molecule has 3 aromatic rings. The molecule has 0 heterocycles. The fourth-order valence-electron chi connectivity index (χ4n) is 2.73. The van der Waals surface area contributed by atoms with Crippen molar-refractivity contribution in [2.75, 3.05) is 12.4 Å². The van der Waals surface area contributed by atoms with Gasteiger partial charge in [0.15, 0.2) is 0 Å². The summed E-state index contributed by atoms with van der Waals surface area (Å²) in [6.07, 6.45) is 0. The Morgan fingerprint density at radius 2 is 1.85 bits per heavy atom. The molecule has 132 valence electrons. The lowest BCUT2D eigenvalue weighted by Crippen LogP contribution is -2.15. The summed E-state index contributed by atoms with van der Waals surface area (Å²) in [5.74, 6) is -1.00. The molecule has 6 heteroatoms. The number of nitrogens with one attached hydrogen (secondary N) is 1. The Morgan fingerprint density at radius 1 is 1.12 bits per heavy atom. The molecule has 0 aromatic heterocycles. The molecule has 0 saturated heterocycles. The van der Waals surface area contributed by atoms with Crippen molar-refractivity contribution in [2.24, 2.45) is 0 Å². The number of anilines is 1. The number of hydrogen-bond donors (Lipinski definition) is 2. The highest BCUT2D eigenvalue weighted by Crippen LogP contribution is 2.37. The highest BCUT2D eigenvalue weighted by atomic mass is 79.9. The molecular weight excluding hydrogens is 398 g/mol. The number of ether oxygens (including phenoxy) is 1. The van der Waals surface area contributed by atoms with Crippen LogP contribution in [0, 0.1) is 6.92 Å². The van der Waals surface area contributed by atoms with Gasteiger partial charge in [-0.25, -0.2) is 4.79 Å². The zero-order chi connectivity index (χ0) is 18.8. The Balaban J connectivity index is 2.06. The molecule has 0 aliphatic heterocycles. The maximum Gasteiger partial charge on any atom is 0.335 e. The Kier molecular flexibility index (Phi) is 4.95. The van der Waals surface area contributed by atoms with Crippen LogP contribution in [0.1, 0.15) is 26.3 Å². The lowest BCUT2D eigenvalue weighted by molar-refractivity contribution is 0.0696. The van der Waals surface area contributed by atoms with Gasteiger partial charge in [0, 0.05) is 5.69 Å². The van der Waals surface area contributed by atoms with Crippen LogP contribution < -0.4 is 10.1 Å². The molecule has 5 nitrogen and oxygen atoms in total. The summed E-state index contributed by atoms with van der Waals surface area (Å²) in [6, 6.07) is 14.0. The number of methoxy groups -OCH3 is 1. The van der Waals surface area contributed by atoms with E-state index < -0.39 is 5.97 Å². The van der Waals surface area contributed by atoms with Crippen molar-refractivity contribution in [1.82, 2.24) is 0 Å². The van der Waals surface area contributed by atoms with E-state index in [0.717, 1.165) is 16.3 Å². The monoisotopic (exact) mass is 413 g/mol. The van der Waals surface area contributed by atoms with Crippen LogP contribution in [0.15, 0.2) is 53.0 Å². The van der Waals surface area contributed by atoms with Crippen LogP contribution in [0.4, 0.5) is 5.69 Å². The van der Waals surface area contributed by atoms with Gasteiger partial charge in [0.05, 0.1) is 22.7 Å². The number of fused-ring (bicyclic) bond motifs is 1. The van der Waals surface area contributed by atoms with E-state index in [9.17, 15) is 9.59 Å². The highest BCUT2D eigenvalue weighted by molar-refractivity contribution is 9.10. The van der Waals surface area contributed by atoms with E-state index in [2.05, 4.69) is 21.2 Å². The Bertz CT molecular complexity index is 1030. The molecule has 0 aliphatic rings. The molecule has 3 aromatic carbocycles. The minimum absolute atomic E-state index is 0.109. The van der Waals surface area contributed by atoms with E-state index in [-0.39, 0.29) is 11.5 Å². The third-order valence-corrected chi connectivity index (χ3v) is 4.91. The van der Waals surface area contributed by atoms with E-state index in [0.29, 0.717) is 21.5 Å². The van der Waals surface area contributed by atoms with E-state index in [1.807, 2.05) is 24.3 Å². The Labute approximate surface area is 158 Å². The van der Waals surface area contributed by atoms with Crippen molar-refractivity contribution < 1.29 is 19.4 Å². The second kappa shape index (κ2) is 7.17. The number of halogens is 1. The van der Waals surface area contributed by atoms with E-state index in [1.54, 1.807) is 19.1 Å². The van der Waals surface area contributed by atoms with Crippen molar-refractivity contribution >= 4 is 44.3 Å². The van der Waals surface area contributed by atoms with Gasteiger partial charge < -0.3 is 15.2 Å². The van der Waals surface area contributed by atoms with Gasteiger partial charge in [0.25, 0.3) is 5.91 Å². The standard InChI is InChI=1S/C20H16BrNO4/c1-11-7-8-13(20(24)25)10-16(11)22-19(23)15-9-12-5-3-4-6-14(12)17(21)18(15)26-2/h3-10H,1-2H3,(H,22,23)(H,24,25). The number of carbonyl (C=O) groups is 2. The van der Waals surface area contributed by atoms with Crippen LogP contribution in [-0.2, 0) is 0 Å². The summed E-state index contributed by atoms with van der Waals surface area (Å²) < 4.78 is 6.13. The molecule has 0 bridgehead atoms. The van der Waals surface area contributed by atoms with Gasteiger partial charge in [-0.2, -0.15) is 0 Å². The minimum Gasteiger partial charge on any atom is -0.495 e. The van der Waals surface area contributed by atoms with Crippen molar-refractivity contribution in [3.8, 4) is 5.75 Å². The molecule has 2 N–H and O–H groups in total. The van der Waals surface area contributed by atoms with Crippen molar-refractivity contribution in [1.29, 1.82) is 0 Å². The Hall–Kier alpha value is -2.86. The van der Waals surface area contributed by atoms with Crippen LogP contribution in [0.2, 0.25) is 0 Å². The lowest BCUT2D eigenvalue weighted by Gasteiger charge is -2.14. The normalized spacial score (nSPS) is 10.6. The summed E-state index contributed by atoms with van der Waals surface area (Å²) in [6.45, 7) is 1.80. The average Bonchev–Trinajstić information content (AvgIpc) is 2.63. The third kappa shape index (κ3) is 3.28. The maximum atomic E-state index is 12.9. The molecule has 0 unspecified atom stereocenters. The molecule has 1 amide bonds. The molecule has 0 radical (unpaired) electrons. The van der Waals surface area contributed by atoms with Crippen LogP contribution in [-0.4, -0.2) is 24.1 Å². The number of hydrogen-bond acceptors (Lipinski definition) is 3. The van der Waals surface area contributed by atoms with Crippen molar-refractivity contribution in [3.05, 3.63) is 69.7 Å².